The summed E-state index contributed by atoms with van der Waals surface area (Å²) in [5.74, 6) is -0.671. The van der Waals surface area contributed by atoms with Crippen molar-refractivity contribution in [1.82, 2.24) is 0 Å². The lowest BCUT2D eigenvalue weighted by Crippen LogP contribution is -2.31. The van der Waals surface area contributed by atoms with Crippen LogP contribution in [0.25, 0.3) is 0 Å². The van der Waals surface area contributed by atoms with Crippen LogP contribution in [-0.2, 0) is 14.8 Å². The first-order valence-corrected chi connectivity index (χ1v) is 6.36. The summed E-state index contributed by atoms with van der Waals surface area (Å²) in [5, 5.41) is 5.05. The summed E-state index contributed by atoms with van der Waals surface area (Å²) in [6, 6.07) is 4.46. The largest absolute Gasteiger partial charge is 0.479 e. The summed E-state index contributed by atoms with van der Waals surface area (Å²) in [4.78, 5) is 10.7. The Hall–Kier alpha value is -1.60. The number of sulfonamides is 1. The molecular formula is C10H14N2O4S. The molecule has 17 heavy (non-hydrogen) atoms. The highest BCUT2D eigenvalue weighted by molar-refractivity contribution is 7.89. The highest BCUT2D eigenvalue weighted by Gasteiger charge is 2.19. The fourth-order valence-corrected chi connectivity index (χ4v) is 1.93. The van der Waals surface area contributed by atoms with E-state index in [2.05, 4.69) is 0 Å². The molecule has 0 spiro atoms. The van der Waals surface area contributed by atoms with Crippen molar-refractivity contribution in [3.05, 3.63) is 23.8 Å². The summed E-state index contributed by atoms with van der Waals surface area (Å²) in [5.41, 5.74) is 5.74. The molecule has 0 heterocycles. The molecule has 6 nitrogen and oxygen atoms in total. The standard InChI is InChI=1S/C10H14N2O4S/c1-6-3-4-8(16-7(2)10(11)13)9(5-6)17(12,14)15/h3-5,7H,1-2H3,(H2,11,13)(H2,12,14,15). The molecule has 94 valence electrons. The SMILES string of the molecule is Cc1ccc(OC(C)C(N)=O)c(S(N)(=O)=O)c1. The Kier molecular flexibility index (Phi) is 3.74. The van der Waals surface area contributed by atoms with Crippen LogP contribution in [0.1, 0.15) is 12.5 Å². The van der Waals surface area contributed by atoms with Gasteiger partial charge < -0.3 is 10.5 Å². The Morgan fingerprint density at radius 1 is 1.41 bits per heavy atom. The van der Waals surface area contributed by atoms with Crippen LogP contribution in [-0.4, -0.2) is 20.4 Å². The van der Waals surface area contributed by atoms with Crippen LogP contribution < -0.4 is 15.6 Å². The van der Waals surface area contributed by atoms with Crippen LogP contribution in [0.4, 0.5) is 0 Å². The second kappa shape index (κ2) is 4.72. The van der Waals surface area contributed by atoms with Gasteiger partial charge in [-0.3, -0.25) is 4.79 Å². The van der Waals surface area contributed by atoms with Gasteiger partial charge in [-0.2, -0.15) is 0 Å². The van der Waals surface area contributed by atoms with Gasteiger partial charge in [0.25, 0.3) is 5.91 Å². The molecule has 0 aliphatic rings. The lowest BCUT2D eigenvalue weighted by molar-refractivity contribution is -0.124. The van der Waals surface area contributed by atoms with E-state index in [9.17, 15) is 13.2 Å². The van der Waals surface area contributed by atoms with Crippen LogP contribution in [0.5, 0.6) is 5.75 Å². The van der Waals surface area contributed by atoms with E-state index < -0.39 is 22.0 Å². The maximum Gasteiger partial charge on any atom is 0.258 e. The summed E-state index contributed by atoms with van der Waals surface area (Å²) in [6.07, 6.45) is -0.932. The van der Waals surface area contributed by atoms with Crippen molar-refractivity contribution in [2.45, 2.75) is 24.8 Å². The first-order valence-electron chi connectivity index (χ1n) is 4.81. The van der Waals surface area contributed by atoms with Crippen molar-refractivity contribution >= 4 is 15.9 Å². The fourth-order valence-electron chi connectivity index (χ4n) is 1.18. The molecule has 4 N–H and O–H groups in total. The highest BCUT2D eigenvalue weighted by atomic mass is 32.2. The lowest BCUT2D eigenvalue weighted by atomic mass is 10.2. The van der Waals surface area contributed by atoms with Crippen molar-refractivity contribution in [2.75, 3.05) is 0 Å². The molecule has 0 aromatic heterocycles. The Morgan fingerprint density at radius 3 is 2.47 bits per heavy atom. The molecule has 1 rings (SSSR count). The predicted octanol–water partition coefficient (Wildman–Crippen LogP) is -0.105. The smallest absolute Gasteiger partial charge is 0.258 e. The van der Waals surface area contributed by atoms with E-state index in [0.717, 1.165) is 0 Å². The normalized spacial score (nSPS) is 13.1. The van der Waals surface area contributed by atoms with Crippen molar-refractivity contribution in [3.8, 4) is 5.75 Å². The van der Waals surface area contributed by atoms with Gasteiger partial charge in [0.2, 0.25) is 10.0 Å². The minimum absolute atomic E-state index is 0.0180. The fraction of sp³-hybridized carbons (Fsp3) is 0.300. The van der Waals surface area contributed by atoms with E-state index >= 15 is 0 Å². The van der Waals surface area contributed by atoms with Crippen LogP contribution in [0.3, 0.4) is 0 Å². The third-order valence-electron chi connectivity index (χ3n) is 2.11. The molecule has 7 heteroatoms. The molecule has 0 saturated carbocycles. The molecule has 1 amide bonds. The molecule has 1 atom stereocenters. The van der Waals surface area contributed by atoms with E-state index in [1.165, 1.54) is 19.1 Å². The van der Waals surface area contributed by atoms with Gasteiger partial charge in [0.15, 0.2) is 6.10 Å². The highest BCUT2D eigenvalue weighted by Crippen LogP contribution is 2.24. The van der Waals surface area contributed by atoms with Crippen molar-refractivity contribution in [1.29, 1.82) is 0 Å². The van der Waals surface area contributed by atoms with Gasteiger partial charge in [0, 0.05) is 0 Å². The lowest BCUT2D eigenvalue weighted by Gasteiger charge is -2.14. The summed E-state index contributed by atoms with van der Waals surface area (Å²) >= 11 is 0. The molecule has 0 aliphatic carbocycles. The molecule has 1 unspecified atom stereocenters. The number of aryl methyl sites for hydroxylation is 1. The first-order chi connectivity index (χ1) is 7.71. The zero-order chi connectivity index (χ0) is 13.2. The number of benzene rings is 1. The number of carbonyl (C=O) groups excluding carboxylic acids is 1. The van der Waals surface area contributed by atoms with Gasteiger partial charge in [-0.1, -0.05) is 6.07 Å². The Bertz CT molecular complexity index is 539. The van der Waals surface area contributed by atoms with E-state index in [1.54, 1.807) is 13.0 Å². The van der Waals surface area contributed by atoms with Gasteiger partial charge >= 0.3 is 0 Å². The maximum absolute atomic E-state index is 11.3. The minimum Gasteiger partial charge on any atom is -0.479 e. The van der Waals surface area contributed by atoms with Gasteiger partial charge in [-0.05, 0) is 31.5 Å². The van der Waals surface area contributed by atoms with Crippen molar-refractivity contribution in [3.63, 3.8) is 0 Å². The summed E-state index contributed by atoms with van der Waals surface area (Å²) < 4.78 is 27.8. The molecule has 1 aromatic carbocycles. The molecule has 0 aliphatic heterocycles. The Morgan fingerprint density at radius 2 is 2.00 bits per heavy atom. The number of hydrogen-bond donors (Lipinski definition) is 2. The van der Waals surface area contributed by atoms with Crippen molar-refractivity contribution < 1.29 is 17.9 Å². The van der Waals surface area contributed by atoms with Crippen LogP contribution in [0.2, 0.25) is 0 Å². The second-order valence-corrected chi connectivity index (χ2v) is 5.19. The maximum atomic E-state index is 11.3. The second-order valence-electron chi connectivity index (χ2n) is 3.66. The molecular weight excluding hydrogens is 244 g/mol. The van der Waals surface area contributed by atoms with Crippen LogP contribution >= 0.6 is 0 Å². The van der Waals surface area contributed by atoms with Crippen LogP contribution in [0, 0.1) is 6.92 Å². The number of hydrogen-bond acceptors (Lipinski definition) is 4. The van der Waals surface area contributed by atoms with Gasteiger partial charge in [0.1, 0.15) is 10.6 Å². The van der Waals surface area contributed by atoms with E-state index in [1.807, 2.05) is 0 Å². The van der Waals surface area contributed by atoms with Crippen molar-refractivity contribution in [2.24, 2.45) is 10.9 Å². The van der Waals surface area contributed by atoms with Gasteiger partial charge in [-0.25, -0.2) is 13.6 Å². The summed E-state index contributed by atoms with van der Waals surface area (Å²) in [6.45, 7) is 3.14. The number of nitrogens with two attached hydrogens (primary N) is 2. The number of primary sulfonamides is 1. The number of carbonyl (C=O) groups is 1. The van der Waals surface area contributed by atoms with Gasteiger partial charge in [-0.15, -0.1) is 0 Å². The average Bonchev–Trinajstić information content (AvgIpc) is 2.18. The average molecular weight is 258 g/mol. The summed E-state index contributed by atoms with van der Waals surface area (Å²) in [7, 11) is -3.90. The van der Waals surface area contributed by atoms with E-state index in [-0.39, 0.29) is 10.6 Å². The minimum atomic E-state index is -3.90. The molecule has 1 aromatic rings. The van der Waals surface area contributed by atoms with E-state index in [4.69, 9.17) is 15.6 Å². The van der Waals surface area contributed by atoms with E-state index in [0.29, 0.717) is 5.56 Å². The first kappa shape index (κ1) is 13.5. The third-order valence-corrected chi connectivity index (χ3v) is 3.04. The Balaban J connectivity index is 3.21. The molecule has 0 bridgehead atoms. The predicted molar refractivity (Wildman–Crippen MR) is 61.8 cm³/mol. The Labute approximate surface area is 99.6 Å². The zero-order valence-corrected chi connectivity index (χ0v) is 10.3. The zero-order valence-electron chi connectivity index (χ0n) is 9.51. The number of primary amides is 1. The third kappa shape index (κ3) is 3.43. The van der Waals surface area contributed by atoms with Gasteiger partial charge in [0.05, 0.1) is 0 Å². The van der Waals surface area contributed by atoms with Crippen LogP contribution in [0.15, 0.2) is 23.1 Å². The number of rotatable bonds is 4. The monoisotopic (exact) mass is 258 g/mol. The number of amides is 1. The molecule has 0 saturated heterocycles. The topological polar surface area (TPSA) is 112 Å². The molecule has 0 fully saturated rings. The number of ether oxygens (including phenoxy) is 1. The quantitative estimate of drug-likeness (QED) is 0.784. The molecule has 0 radical (unpaired) electrons.